The van der Waals surface area contributed by atoms with Crippen molar-refractivity contribution in [1.29, 1.82) is 0 Å². The lowest BCUT2D eigenvalue weighted by Crippen LogP contribution is -2.57. The molecular formula is C27H40O8. The number of carbonyl (C=O) groups is 2. The number of benzene rings is 1. The van der Waals surface area contributed by atoms with Crippen LogP contribution in [0.1, 0.15) is 54.0 Å². The molecule has 3 rings (SSSR count). The number of carbonyl (C=O) groups excluding carboxylic acids is 2. The van der Waals surface area contributed by atoms with E-state index in [0.29, 0.717) is 6.61 Å². The van der Waals surface area contributed by atoms with Crippen LogP contribution in [0.3, 0.4) is 0 Å². The summed E-state index contributed by atoms with van der Waals surface area (Å²) in [5.41, 5.74) is 1.12. The van der Waals surface area contributed by atoms with E-state index >= 15 is 0 Å². The first-order valence-corrected chi connectivity index (χ1v) is 12.5. The fraction of sp³-hybridized carbons (Fsp3) is 0.704. The zero-order valence-corrected chi connectivity index (χ0v) is 21.8. The first-order chi connectivity index (χ1) is 16.6. The summed E-state index contributed by atoms with van der Waals surface area (Å²) >= 11 is 0. The molecule has 0 radical (unpaired) electrons. The Hall–Kier alpha value is -2.00. The Morgan fingerprint density at radius 2 is 1.49 bits per heavy atom. The van der Waals surface area contributed by atoms with Gasteiger partial charge in [-0.25, -0.2) is 0 Å². The van der Waals surface area contributed by atoms with E-state index in [1.54, 1.807) is 0 Å². The molecule has 0 aromatic heterocycles. The van der Waals surface area contributed by atoms with E-state index < -0.39 is 36.7 Å². The third-order valence-electron chi connectivity index (χ3n) is 7.32. The minimum absolute atomic E-state index is 0.00415. The molecule has 2 fully saturated rings. The molecule has 0 saturated carbocycles. The van der Waals surface area contributed by atoms with Crippen LogP contribution in [0.15, 0.2) is 30.3 Å². The van der Waals surface area contributed by atoms with Crippen LogP contribution in [0, 0.1) is 23.7 Å². The van der Waals surface area contributed by atoms with Gasteiger partial charge in [-0.1, -0.05) is 58.0 Å². The quantitative estimate of drug-likeness (QED) is 0.501. The third-order valence-corrected chi connectivity index (χ3v) is 7.32. The molecule has 4 unspecified atom stereocenters. The van der Waals surface area contributed by atoms with Gasteiger partial charge in [-0.2, -0.15) is 0 Å². The summed E-state index contributed by atoms with van der Waals surface area (Å²) in [5.74, 6) is -0.891. The molecule has 10 atom stereocenters. The summed E-state index contributed by atoms with van der Waals surface area (Å²) in [6.45, 7) is 13.4. The zero-order valence-electron chi connectivity index (χ0n) is 21.8. The molecule has 0 bridgehead atoms. The van der Waals surface area contributed by atoms with E-state index in [1.165, 1.54) is 13.8 Å². The highest BCUT2D eigenvalue weighted by atomic mass is 16.7. The van der Waals surface area contributed by atoms with Crippen molar-refractivity contribution in [1.82, 2.24) is 0 Å². The van der Waals surface area contributed by atoms with E-state index in [1.807, 2.05) is 51.1 Å². The number of hydrogen-bond donors (Lipinski definition) is 0. The molecule has 2 saturated heterocycles. The average molecular weight is 493 g/mol. The van der Waals surface area contributed by atoms with Gasteiger partial charge in [0.15, 0.2) is 6.29 Å². The molecule has 2 aliphatic heterocycles. The molecule has 35 heavy (non-hydrogen) atoms. The molecule has 2 heterocycles. The predicted octanol–water partition coefficient (Wildman–Crippen LogP) is 4.10. The van der Waals surface area contributed by atoms with Crippen LogP contribution in [-0.4, -0.2) is 55.5 Å². The molecule has 1 aromatic rings. The van der Waals surface area contributed by atoms with Gasteiger partial charge in [0.2, 0.25) is 6.29 Å². The van der Waals surface area contributed by atoms with Gasteiger partial charge < -0.3 is 28.4 Å². The van der Waals surface area contributed by atoms with Crippen LogP contribution in [0.25, 0.3) is 0 Å². The van der Waals surface area contributed by atoms with Crippen molar-refractivity contribution in [3.63, 3.8) is 0 Å². The summed E-state index contributed by atoms with van der Waals surface area (Å²) in [5, 5.41) is 0. The van der Waals surface area contributed by atoms with Gasteiger partial charge in [0.25, 0.3) is 0 Å². The first kappa shape index (κ1) is 27.6. The zero-order chi connectivity index (χ0) is 25.7. The fourth-order valence-electron chi connectivity index (χ4n) is 4.84. The summed E-state index contributed by atoms with van der Waals surface area (Å²) in [7, 11) is 0. The fourth-order valence-corrected chi connectivity index (χ4v) is 4.84. The summed E-state index contributed by atoms with van der Waals surface area (Å²) in [4.78, 5) is 23.1. The predicted molar refractivity (Wildman–Crippen MR) is 128 cm³/mol. The van der Waals surface area contributed by atoms with Crippen LogP contribution in [0.2, 0.25) is 0 Å². The number of ether oxygens (including phenoxy) is 6. The Morgan fingerprint density at radius 3 is 2.11 bits per heavy atom. The van der Waals surface area contributed by atoms with Gasteiger partial charge in [-0.15, -0.1) is 0 Å². The second-order valence-electron chi connectivity index (χ2n) is 9.96. The van der Waals surface area contributed by atoms with E-state index in [9.17, 15) is 9.59 Å². The molecule has 8 heteroatoms. The van der Waals surface area contributed by atoms with E-state index in [-0.39, 0.29) is 42.5 Å². The molecular weight excluding hydrogens is 452 g/mol. The van der Waals surface area contributed by atoms with Gasteiger partial charge in [0, 0.05) is 31.6 Å². The van der Waals surface area contributed by atoms with E-state index in [2.05, 4.69) is 13.8 Å². The van der Waals surface area contributed by atoms with Crippen molar-refractivity contribution in [2.24, 2.45) is 23.7 Å². The molecule has 0 N–H and O–H groups in total. The highest BCUT2D eigenvalue weighted by Gasteiger charge is 2.48. The van der Waals surface area contributed by atoms with Crippen molar-refractivity contribution >= 4 is 11.9 Å². The Balaban J connectivity index is 1.74. The Bertz CT molecular complexity index is 830. The molecule has 8 nitrogen and oxygen atoms in total. The van der Waals surface area contributed by atoms with Crippen molar-refractivity contribution < 1.29 is 38.0 Å². The largest absolute Gasteiger partial charge is 0.463 e. The number of hydrogen-bond acceptors (Lipinski definition) is 8. The van der Waals surface area contributed by atoms with Crippen LogP contribution in [0.5, 0.6) is 0 Å². The molecule has 0 aliphatic carbocycles. The maximum absolute atomic E-state index is 11.6. The summed E-state index contributed by atoms with van der Waals surface area (Å²) < 4.78 is 36.0. The minimum atomic E-state index is -0.742. The minimum Gasteiger partial charge on any atom is -0.463 e. The average Bonchev–Trinajstić information content (AvgIpc) is 2.81. The lowest BCUT2D eigenvalue weighted by molar-refractivity contribution is -0.327. The smallest absolute Gasteiger partial charge is 0.304 e. The van der Waals surface area contributed by atoms with Gasteiger partial charge in [-0.3, -0.25) is 9.59 Å². The van der Waals surface area contributed by atoms with Crippen LogP contribution in [0.4, 0.5) is 0 Å². The van der Waals surface area contributed by atoms with E-state index in [0.717, 1.165) is 5.56 Å². The van der Waals surface area contributed by atoms with Crippen LogP contribution < -0.4 is 0 Å². The van der Waals surface area contributed by atoms with Gasteiger partial charge >= 0.3 is 11.9 Å². The standard InChI is InChI=1S/C27H40O8/c1-15-16(2)26(33-21(7)29)34-23(14-30-20(6)28)25(15)35-27-18(4)24(17(3)19(5)32-27)31-13-22-11-9-8-10-12-22/h8-12,15-19,23-27H,13-14H2,1-7H3/t15-,16?,17-,18?,19?,23?,24-,25+,26-,27+/m1/s1. The summed E-state index contributed by atoms with van der Waals surface area (Å²) in [6, 6.07) is 10.1. The number of esters is 2. The third kappa shape index (κ3) is 7.03. The second kappa shape index (κ2) is 12.3. The molecule has 0 spiro atoms. The van der Waals surface area contributed by atoms with E-state index in [4.69, 9.17) is 28.4 Å². The Kier molecular flexibility index (Phi) is 9.69. The van der Waals surface area contributed by atoms with Crippen molar-refractivity contribution in [2.45, 2.75) is 92.1 Å². The first-order valence-electron chi connectivity index (χ1n) is 12.5. The van der Waals surface area contributed by atoms with Crippen LogP contribution in [-0.2, 0) is 44.6 Å². The van der Waals surface area contributed by atoms with Gasteiger partial charge in [-0.05, 0) is 18.4 Å². The highest BCUT2D eigenvalue weighted by Crippen LogP contribution is 2.39. The monoisotopic (exact) mass is 492 g/mol. The Morgan fingerprint density at radius 1 is 0.800 bits per heavy atom. The van der Waals surface area contributed by atoms with Gasteiger partial charge in [0.1, 0.15) is 12.7 Å². The van der Waals surface area contributed by atoms with Gasteiger partial charge in [0.05, 0.1) is 24.9 Å². The highest BCUT2D eigenvalue weighted by molar-refractivity contribution is 5.66. The summed E-state index contributed by atoms with van der Waals surface area (Å²) in [6.07, 6.45) is -2.46. The number of rotatable bonds is 8. The molecule has 0 amide bonds. The van der Waals surface area contributed by atoms with Crippen molar-refractivity contribution in [3.05, 3.63) is 35.9 Å². The van der Waals surface area contributed by atoms with Crippen molar-refractivity contribution in [2.75, 3.05) is 6.61 Å². The lowest BCUT2D eigenvalue weighted by Gasteiger charge is -2.48. The van der Waals surface area contributed by atoms with Crippen LogP contribution >= 0.6 is 0 Å². The maximum atomic E-state index is 11.6. The molecule has 2 aliphatic rings. The maximum Gasteiger partial charge on any atom is 0.304 e. The normalized spacial score (nSPS) is 37.5. The Labute approximate surface area is 208 Å². The molecule has 196 valence electrons. The van der Waals surface area contributed by atoms with Crippen molar-refractivity contribution in [3.8, 4) is 0 Å². The second-order valence-corrected chi connectivity index (χ2v) is 9.96. The lowest BCUT2D eigenvalue weighted by atomic mass is 9.83. The topological polar surface area (TPSA) is 89.5 Å². The SMILES string of the molecule is CC(=O)OCC1O[C@@H](OC(C)=O)C(C)[C@@H](C)[C@@H]1O[C@@H]1OC(C)[C@@H](C)[C@@H](OCc2ccccc2)C1C. The molecule has 1 aromatic carbocycles.